The van der Waals surface area contributed by atoms with Gasteiger partial charge < -0.3 is 5.32 Å². The summed E-state index contributed by atoms with van der Waals surface area (Å²) in [5, 5.41) is 11.8. The Bertz CT molecular complexity index is 492. The van der Waals surface area contributed by atoms with E-state index in [1.807, 2.05) is 12.1 Å². The van der Waals surface area contributed by atoms with Gasteiger partial charge in [0.2, 0.25) is 5.91 Å². The summed E-state index contributed by atoms with van der Waals surface area (Å²) in [4.78, 5) is 11.9. The first kappa shape index (κ1) is 13.6. The molecule has 0 saturated heterocycles. The molecule has 19 heavy (non-hydrogen) atoms. The SMILES string of the molecule is CC(C)C1(CNC(=O)Cc2ccc(C#N)cc2)CC1. The summed E-state index contributed by atoms with van der Waals surface area (Å²) < 4.78 is 0. The molecule has 1 aliphatic rings. The molecule has 0 spiro atoms. The van der Waals surface area contributed by atoms with E-state index in [2.05, 4.69) is 25.2 Å². The Morgan fingerprint density at radius 1 is 1.37 bits per heavy atom. The lowest BCUT2D eigenvalue weighted by Gasteiger charge is -2.20. The van der Waals surface area contributed by atoms with Crippen LogP contribution in [0.5, 0.6) is 0 Å². The third kappa shape index (κ3) is 3.35. The van der Waals surface area contributed by atoms with Gasteiger partial charge in [-0.25, -0.2) is 0 Å². The Morgan fingerprint density at radius 3 is 2.47 bits per heavy atom. The lowest BCUT2D eigenvalue weighted by molar-refractivity contribution is -0.120. The molecule has 1 saturated carbocycles. The molecular weight excluding hydrogens is 236 g/mol. The molecule has 3 nitrogen and oxygen atoms in total. The Balaban J connectivity index is 1.83. The zero-order chi connectivity index (χ0) is 13.9. The molecule has 1 N–H and O–H groups in total. The van der Waals surface area contributed by atoms with Gasteiger partial charge in [-0.1, -0.05) is 26.0 Å². The van der Waals surface area contributed by atoms with E-state index in [0.29, 0.717) is 23.3 Å². The van der Waals surface area contributed by atoms with Crippen LogP contribution < -0.4 is 5.32 Å². The average Bonchev–Trinajstić information content (AvgIpc) is 3.18. The minimum atomic E-state index is 0.0663. The number of hydrogen-bond donors (Lipinski definition) is 1. The fourth-order valence-electron chi connectivity index (χ4n) is 2.34. The van der Waals surface area contributed by atoms with Crippen LogP contribution in [0, 0.1) is 22.7 Å². The summed E-state index contributed by atoms with van der Waals surface area (Å²) in [7, 11) is 0. The first-order valence-corrected chi connectivity index (χ1v) is 6.81. The van der Waals surface area contributed by atoms with E-state index in [-0.39, 0.29) is 5.91 Å². The quantitative estimate of drug-likeness (QED) is 0.880. The van der Waals surface area contributed by atoms with Crippen molar-refractivity contribution in [3.05, 3.63) is 35.4 Å². The number of nitriles is 1. The van der Waals surface area contributed by atoms with Crippen molar-refractivity contribution in [3.63, 3.8) is 0 Å². The van der Waals surface area contributed by atoms with Gasteiger partial charge in [-0.05, 0) is 41.9 Å². The van der Waals surface area contributed by atoms with E-state index in [1.165, 1.54) is 12.8 Å². The smallest absolute Gasteiger partial charge is 0.224 e. The molecule has 1 aromatic rings. The van der Waals surface area contributed by atoms with Crippen LogP contribution in [-0.4, -0.2) is 12.5 Å². The maximum Gasteiger partial charge on any atom is 0.224 e. The molecule has 0 aliphatic heterocycles. The molecule has 1 aromatic carbocycles. The van der Waals surface area contributed by atoms with Gasteiger partial charge in [0.1, 0.15) is 0 Å². The van der Waals surface area contributed by atoms with E-state index < -0.39 is 0 Å². The van der Waals surface area contributed by atoms with Crippen LogP contribution in [0.4, 0.5) is 0 Å². The summed E-state index contributed by atoms with van der Waals surface area (Å²) in [5.74, 6) is 0.694. The summed E-state index contributed by atoms with van der Waals surface area (Å²) in [6.07, 6.45) is 2.84. The maximum atomic E-state index is 11.9. The maximum absolute atomic E-state index is 11.9. The summed E-state index contributed by atoms with van der Waals surface area (Å²) in [6.45, 7) is 5.24. The average molecular weight is 256 g/mol. The Hall–Kier alpha value is -1.82. The fourth-order valence-corrected chi connectivity index (χ4v) is 2.34. The fraction of sp³-hybridized carbons (Fsp3) is 0.500. The number of amides is 1. The topological polar surface area (TPSA) is 52.9 Å². The zero-order valence-electron chi connectivity index (χ0n) is 11.6. The second-order valence-electron chi connectivity index (χ2n) is 5.78. The monoisotopic (exact) mass is 256 g/mol. The number of benzene rings is 1. The second-order valence-corrected chi connectivity index (χ2v) is 5.78. The van der Waals surface area contributed by atoms with Crippen molar-refractivity contribution in [3.8, 4) is 6.07 Å². The van der Waals surface area contributed by atoms with Crippen molar-refractivity contribution < 1.29 is 4.79 Å². The third-order valence-corrected chi connectivity index (χ3v) is 4.20. The van der Waals surface area contributed by atoms with Crippen LogP contribution in [0.25, 0.3) is 0 Å². The predicted octanol–water partition coefficient (Wildman–Crippen LogP) is 2.65. The van der Waals surface area contributed by atoms with Crippen molar-refractivity contribution in [1.29, 1.82) is 5.26 Å². The Labute approximate surface area is 114 Å². The highest BCUT2D eigenvalue weighted by Crippen LogP contribution is 2.51. The number of hydrogen-bond acceptors (Lipinski definition) is 2. The van der Waals surface area contributed by atoms with Gasteiger partial charge in [-0.15, -0.1) is 0 Å². The van der Waals surface area contributed by atoms with Gasteiger partial charge in [0.15, 0.2) is 0 Å². The highest BCUT2D eigenvalue weighted by atomic mass is 16.1. The van der Waals surface area contributed by atoms with Gasteiger partial charge in [-0.2, -0.15) is 5.26 Å². The number of nitrogens with one attached hydrogen (secondary N) is 1. The van der Waals surface area contributed by atoms with Crippen LogP contribution in [-0.2, 0) is 11.2 Å². The molecule has 2 rings (SSSR count). The standard InChI is InChI=1S/C16H20N2O/c1-12(2)16(7-8-16)11-18-15(19)9-13-3-5-14(10-17)6-4-13/h3-6,12H,7-9,11H2,1-2H3,(H,18,19). The van der Waals surface area contributed by atoms with Crippen molar-refractivity contribution in [1.82, 2.24) is 5.32 Å². The number of rotatable bonds is 5. The second kappa shape index (κ2) is 5.44. The number of nitrogens with zero attached hydrogens (tertiary/aromatic N) is 1. The Kier molecular flexibility index (Phi) is 3.90. The lowest BCUT2D eigenvalue weighted by atomic mass is 9.92. The van der Waals surface area contributed by atoms with E-state index in [4.69, 9.17) is 5.26 Å². The van der Waals surface area contributed by atoms with Crippen molar-refractivity contribution in [2.24, 2.45) is 11.3 Å². The van der Waals surface area contributed by atoms with E-state index in [1.54, 1.807) is 12.1 Å². The van der Waals surface area contributed by atoms with Crippen LogP contribution in [0.1, 0.15) is 37.8 Å². The van der Waals surface area contributed by atoms with Gasteiger partial charge in [0.05, 0.1) is 18.1 Å². The molecule has 1 fully saturated rings. The van der Waals surface area contributed by atoms with Crippen molar-refractivity contribution >= 4 is 5.91 Å². The first-order chi connectivity index (χ1) is 9.05. The molecule has 0 heterocycles. The third-order valence-electron chi connectivity index (χ3n) is 4.20. The summed E-state index contributed by atoms with van der Waals surface area (Å²) >= 11 is 0. The minimum absolute atomic E-state index is 0.0663. The predicted molar refractivity (Wildman–Crippen MR) is 74.4 cm³/mol. The van der Waals surface area contributed by atoms with Crippen molar-refractivity contribution in [2.75, 3.05) is 6.54 Å². The Morgan fingerprint density at radius 2 is 2.00 bits per heavy atom. The largest absolute Gasteiger partial charge is 0.355 e. The molecule has 100 valence electrons. The van der Waals surface area contributed by atoms with Gasteiger partial charge >= 0.3 is 0 Å². The number of carbonyl (C=O) groups excluding carboxylic acids is 1. The highest BCUT2D eigenvalue weighted by Gasteiger charge is 2.45. The molecule has 1 aliphatic carbocycles. The van der Waals surface area contributed by atoms with E-state index in [9.17, 15) is 4.79 Å². The number of carbonyl (C=O) groups is 1. The molecule has 0 atom stereocenters. The molecular formula is C16H20N2O. The minimum Gasteiger partial charge on any atom is -0.355 e. The lowest BCUT2D eigenvalue weighted by Crippen LogP contribution is -2.33. The molecule has 0 unspecified atom stereocenters. The molecule has 0 bridgehead atoms. The first-order valence-electron chi connectivity index (χ1n) is 6.81. The molecule has 3 heteroatoms. The zero-order valence-corrected chi connectivity index (χ0v) is 11.6. The van der Waals surface area contributed by atoms with E-state index >= 15 is 0 Å². The summed E-state index contributed by atoms with van der Waals surface area (Å²) in [5.41, 5.74) is 1.92. The molecule has 0 radical (unpaired) electrons. The van der Waals surface area contributed by atoms with Crippen LogP contribution in [0.3, 0.4) is 0 Å². The van der Waals surface area contributed by atoms with Crippen LogP contribution in [0.2, 0.25) is 0 Å². The molecule has 1 amide bonds. The summed E-state index contributed by atoms with van der Waals surface area (Å²) in [6, 6.07) is 9.25. The molecule has 0 aromatic heterocycles. The van der Waals surface area contributed by atoms with Gasteiger partial charge in [0, 0.05) is 6.54 Å². The van der Waals surface area contributed by atoms with Gasteiger partial charge in [0.25, 0.3) is 0 Å². The van der Waals surface area contributed by atoms with Crippen LogP contribution in [0.15, 0.2) is 24.3 Å². The normalized spacial score (nSPS) is 15.9. The van der Waals surface area contributed by atoms with Crippen molar-refractivity contribution in [2.45, 2.75) is 33.1 Å². The van der Waals surface area contributed by atoms with E-state index in [0.717, 1.165) is 12.1 Å². The van der Waals surface area contributed by atoms with Crippen LogP contribution >= 0.6 is 0 Å². The van der Waals surface area contributed by atoms with Gasteiger partial charge in [-0.3, -0.25) is 4.79 Å². The highest BCUT2D eigenvalue weighted by molar-refractivity contribution is 5.78.